The second kappa shape index (κ2) is 5.35. The molecule has 6 heteroatoms. The number of hydrogen-bond acceptors (Lipinski definition) is 2. The van der Waals surface area contributed by atoms with Gasteiger partial charge in [0.25, 0.3) is 0 Å². The average molecular weight is 297 g/mol. The predicted molar refractivity (Wildman–Crippen MR) is 76.1 cm³/mol. The SMILES string of the molecule is Cn1c(CN2CCNCC2)cc2ccc(C(F)(F)F)cc21. The first-order valence-electron chi connectivity index (χ1n) is 7.04. The fourth-order valence-electron chi connectivity index (χ4n) is 2.81. The lowest BCUT2D eigenvalue weighted by Crippen LogP contribution is -2.43. The van der Waals surface area contributed by atoms with Gasteiger partial charge in [-0.25, -0.2) is 0 Å². The molecule has 0 spiro atoms. The Labute approximate surface area is 121 Å². The number of benzene rings is 1. The number of alkyl halides is 3. The van der Waals surface area contributed by atoms with Crippen LogP contribution in [0.25, 0.3) is 10.9 Å². The van der Waals surface area contributed by atoms with Gasteiger partial charge < -0.3 is 9.88 Å². The van der Waals surface area contributed by atoms with Gasteiger partial charge in [0.05, 0.1) is 5.56 Å². The van der Waals surface area contributed by atoms with Crippen LogP contribution in [0.1, 0.15) is 11.3 Å². The van der Waals surface area contributed by atoms with Gasteiger partial charge in [-0.3, -0.25) is 4.90 Å². The predicted octanol–water partition coefficient (Wildman–Crippen LogP) is 2.60. The summed E-state index contributed by atoms with van der Waals surface area (Å²) in [6.45, 7) is 4.63. The van der Waals surface area contributed by atoms with E-state index in [-0.39, 0.29) is 0 Å². The lowest BCUT2D eigenvalue weighted by Gasteiger charge is -2.27. The maximum Gasteiger partial charge on any atom is 0.416 e. The van der Waals surface area contributed by atoms with E-state index in [1.807, 2.05) is 17.7 Å². The smallest absolute Gasteiger partial charge is 0.346 e. The standard InChI is InChI=1S/C15H18F3N3/c1-20-13(10-21-6-4-19-5-7-21)8-11-2-3-12(9-14(11)20)15(16,17)18/h2-3,8-9,19H,4-7,10H2,1H3. The van der Waals surface area contributed by atoms with Crippen molar-refractivity contribution in [3.05, 3.63) is 35.5 Å². The van der Waals surface area contributed by atoms with Crippen molar-refractivity contribution in [3.63, 3.8) is 0 Å². The van der Waals surface area contributed by atoms with Gasteiger partial charge in [0.2, 0.25) is 0 Å². The van der Waals surface area contributed by atoms with Crippen molar-refractivity contribution in [2.75, 3.05) is 26.2 Å². The third kappa shape index (κ3) is 2.91. The van der Waals surface area contributed by atoms with Gasteiger partial charge in [-0.1, -0.05) is 6.07 Å². The molecule has 0 bridgehead atoms. The molecule has 1 saturated heterocycles. The Morgan fingerprint density at radius 1 is 1.14 bits per heavy atom. The highest BCUT2D eigenvalue weighted by Gasteiger charge is 2.30. The second-order valence-electron chi connectivity index (χ2n) is 5.49. The van der Waals surface area contributed by atoms with Gasteiger partial charge in [-0.15, -0.1) is 0 Å². The molecule has 21 heavy (non-hydrogen) atoms. The van der Waals surface area contributed by atoms with E-state index in [0.717, 1.165) is 49.9 Å². The molecule has 1 aliphatic rings. The Morgan fingerprint density at radius 2 is 1.86 bits per heavy atom. The van der Waals surface area contributed by atoms with E-state index >= 15 is 0 Å². The minimum Gasteiger partial charge on any atom is -0.346 e. The summed E-state index contributed by atoms with van der Waals surface area (Å²) >= 11 is 0. The molecule has 1 aromatic carbocycles. The van der Waals surface area contributed by atoms with Crippen molar-refractivity contribution < 1.29 is 13.2 Å². The second-order valence-corrected chi connectivity index (χ2v) is 5.49. The van der Waals surface area contributed by atoms with Crippen molar-refractivity contribution in [1.29, 1.82) is 0 Å². The zero-order chi connectivity index (χ0) is 15.0. The molecule has 0 unspecified atom stereocenters. The molecular formula is C15H18F3N3. The third-order valence-electron chi connectivity index (χ3n) is 4.07. The quantitative estimate of drug-likeness (QED) is 0.919. The van der Waals surface area contributed by atoms with Gasteiger partial charge in [0, 0.05) is 51.0 Å². The van der Waals surface area contributed by atoms with Crippen molar-refractivity contribution in [2.45, 2.75) is 12.7 Å². The number of aryl methyl sites for hydroxylation is 1. The number of piperazine rings is 1. The molecule has 3 rings (SSSR count). The largest absolute Gasteiger partial charge is 0.416 e. The number of nitrogens with zero attached hydrogens (tertiary/aromatic N) is 2. The highest BCUT2D eigenvalue weighted by molar-refractivity contribution is 5.82. The Bertz CT molecular complexity index is 639. The minimum atomic E-state index is -4.29. The van der Waals surface area contributed by atoms with E-state index < -0.39 is 11.7 Å². The molecule has 0 aliphatic carbocycles. The van der Waals surface area contributed by atoms with E-state index in [1.54, 1.807) is 6.07 Å². The van der Waals surface area contributed by atoms with Gasteiger partial charge in [0.15, 0.2) is 0 Å². The number of halogens is 3. The van der Waals surface area contributed by atoms with Crippen LogP contribution in [0.4, 0.5) is 13.2 Å². The Balaban J connectivity index is 1.92. The minimum absolute atomic E-state index is 0.593. The van der Waals surface area contributed by atoms with Crippen LogP contribution in [-0.2, 0) is 19.8 Å². The first-order chi connectivity index (χ1) is 9.95. The van der Waals surface area contributed by atoms with Gasteiger partial charge in [-0.05, 0) is 23.6 Å². The lowest BCUT2D eigenvalue weighted by atomic mass is 10.1. The fraction of sp³-hybridized carbons (Fsp3) is 0.467. The summed E-state index contributed by atoms with van der Waals surface area (Å²) < 4.78 is 40.3. The van der Waals surface area contributed by atoms with Gasteiger partial charge >= 0.3 is 6.18 Å². The molecule has 0 amide bonds. The normalized spacial score (nSPS) is 17.5. The van der Waals surface area contributed by atoms with E-state index in [4.69, 9.17) is 0 Å². The molecule has 1 fully saturated rings. The van der Waals surface area contributed by atoms with Crippen molar-refractivity contribution in [1.82, 2.24) is 14.8 Å². The molecule has 2 aromatic rings. The first-order valence-corrected chi connectivity index (χ1v) is 7.04. The van der Waals surface area contributed by atoms with Gasteiger partial charge in [0.1, 0.15) is 0 Å². The number of nitrogens with one attached hydrogen (secondary N) is 1. The van der Waals surface area contributed by atoms with Crippen molar-refractivity contribution in [2.24, 2.45) is 7.05 Å². The molecule has 1 aliphatic heterocycles. The summed E-state index contributed by atoms with van der Waals surface area (Å²) in [5, 5.41) is 4.15. The van der Waals surface area contributed by atoms with Gasteiger partial charge in [-0.2, -0.15) is 13.2 Å². The van der Waals surface area contributed by atoms with Crippen LogP contribution in [-0.4, -0.2) is 35.6 Å². The van der Waals surface area contributed by atoms with Crippen LogP contribution in [0.2, 0.25) is 0 Å². The molecule has 1 N–H and O–H groups in total. The monoisotopic (exact) mass is 297 g/mol. The molecule has 0 atom stereocenters. The molecule has 3 nitrogen and oxygen atoms in total. The number of rotatable bonds is 2. The summed E-state index contributed by atoms with van der Waals surface area (Å²) in [6, 6.07) is 5.92. The van der Waals surface area contributed by atoms with Crippen LogP contribution in [0.5, 0.6) is 0 Å². The summed E-state index contributed by atoms with van der Waals surface area (Å²) in [5.41, 5.74) is 1.09. The molecule has 2 heterocycles. The Kier molecular flexibility index (Phi) is 3.67. The molecule has 1 aromatic heterocycles. The zero-order valence-corrected chi connectivity index (χ0v) is 11.9. The van der Waals surface area contributed by atoms with Crippen LogP contribution in [0.3, 0.4) is 0 Å². The van der Waals surface area contributed by atoms with E-state index in [1.165, 1.54) is 6.07 Å². The first kappa shape index (κ1) is 14.4. The molecule has 0 saturated carbocycles. The molecular weight excluding hydrogens is 279 g/mol. The Morgan fingerprint density at radius 3 is 2.52 bits per heavy atom. The Hall–Kier alpha value is -1.53. The zero-order valence-electron chi connectivity index (χ0n) is 11.9. The van der Waals surface area contributed by atoms with E-state index in [2.05, 4.69) is 10.2 Å². The van der Waals surface area contributed by atoms with Crippen LogP contribution >= 0.6 is 0 Å². The molecule has 0 radical (unpaired) electrons. The highest BCUT2D eigenvalue weighted by Crippen LogP contribution is 2.32. The van der Waals surface area contributed by atoms with Crippen molar-refractivity contribution >= 4 is 10.9 Å². The number of fused-ring (bicyclic) bond motifs is 1. The summed E-state index contributed by atoms with van der Waals surface area (Å²) in [7, 11) is 1.83. The van der Waals surface area contributed by atoms with Crippen molar-refractivity contribution in [3.8, 4) is 0 Å². The van der Waals surface area contributed by atoms with Crippen LogP contribution in [0, 0.1) is 0 Å². The van der Waals surface area contributed by atoms with Crippen LogP contribution in [0.15, 0.2) is 24.3 Å². The number of aromatic nitrogens is 1. The van der Waals surface area contributed by atoms with Crippen LogP contribution < -0.4 is 5.32 Å². The molecule has 114 valence electrons. The third-order valence-corrected chi connectivity index (χ3v) is 4.07. The maximum absolute atomic E-state index is 12.8. The average Bonchev–Trinajstić information content (AvgIpc) is 2.75. The fourth-order valence-corrected chi connectivity index (χ4v) is 2.81. The summed E-state index contributed by atoms with van der Waals surface area (Å²) in [6.07, 6.45) is -4.29. The van der Waals surface area contributed by atoms with E-state index in [9.17, 15) is 13.2 Å². The number of hydrogen-bond donors (Lipinski definition) is 1. The maximum atomic E-state index is 12.8. The van der Waals surface area contributed by atoms with E-state index in [0.29, 0.717) is 5.52 Å². The summed E-state index contributed by atoms with van der Waals surface area (Å²) in [4.78, 5) is 2.31. The summed E-state index contributed by atoms with van der Waals surface area (Å²) in [5.74, 6) is 0. The topological polar surface area (TPSA) is 20.2 Å². The lowest BCUT2D eigenvalue weighted by molar-refractivity contribution is -0.137. The highest BCUT2D eigenvalue weighted by atomic mass is 19.4.